The van der Waals surface area contributed by atoms with Gasteiger partial charge in [0.1, 0.15) is 0 Å². The van der Waals surface area contributed by atoms with Crippen molar-refractivity contribution in [1.82, 2.24) is 0 Å². The van der Waals surface area contributed by atoms with Gasteiger partial charge in [-0.25, -0.2) is 0 Å². The Morgan fingerprint density at radius 2 is 2.00 bits per heavy atom. The van der Waals surface area contributed by atoms with Crippen molar-refractivity contribution in [2.24, 2.45) is 0 Å². The third-order valence-corrected chi connectivity index (χ3v) is 3.58. The maximum absolute atomic E-state index is 11.9. The SMILES string of the molecule is CCOC(CC(=O)Nc1cccc(Br)c1Cl)OCC. The van der Waals surface area contributed by atoms with Gasteiger partial charge in [0.25, 0.3) is 0 Å². The minimum Gasteiger partial charge on any atom is -0.352 e. The highest BCUT2D eigenvalue weighted by molar-refractivity contribution is 9.10. The van der Waals surface area contributed by atoms with E-state index in [0.717, 1.165) is 4.47 Å². The van der Waals surface area contributed by atoms with Gasteiger partial charge in [-0.15, -0.1) is 0 Å². The molecular weight excluding hydrogens is 334 g/mol. The molecule has 0 atom stereocenters. The zero-order valence-electron chi connectivity index (χ0n) is 10.9. The van der Waals surface area contributed by atoms with Crippen LogP contribution in [0.15, 0.2) is 22.7 Å². The molecule has 0 radical (unpaired) electrons. The van der Waals surface area contributed by atoms with Crippen molar-refractivity contribution in [3.8, 4) is 0 Å². The molecule has 0 fully saturated rings. The summed E-state index contributed by atoms with van der Waals surface area (Å²) in [7, 11) is 0. The Bertz CT molecular complexity index is 422. The Labute approximate surface area is 126 Å². The van der Waals surface area contributed by atoms with E-state index in [4.69, 9.17) is 21.1 Å². The largest absolute Gasteiger partial charge is 0.352 e. The first-order valence-electron chi connectivity index (χ1n) is 6.05. The van der Waals surface area contributed by atoms with Crippen molar-refractivity contribution >= 4 is 39.1 Å². The first-order valence-corrected chi connectivity index (χ1v) is 7.22. The quantitative estimate of drug-likeness (QED) is 0.760. The van der Waals surface area contributed by atoms with E-state index in [1.807, 2.05) is 13.8 Å². The summed E-state index contributed by atoms with van der Waals surface area (Å²) in [6.07, 6.45) is -0.397. The minimum atomic E-state index is -0.527. The summed E-state index contributed by atoms with van der Waals surface area (Å²) >= 11 is 9.38. The third kappa shape index (κ3) is 5.48. The van der Waals surface area contributed by atoms with Gasteiger partial charge in [-0.3, -0.25) is 4.79 Å². The molecule has 1 aromatic rings. The van der Waals surface area contributed by atoms with Crippen LogP contribution in [0.4, 0.5) is 5.69 Å². The minimum absolute atomic E-state index is 0.129. The first-order chi connectivity index (χ1) is 9.08. The fourth-order valence-corrected chi connectivity index (χ4v) is 2.03. The number of amides is 1. The van der Waals surface area contributed by atoms with Crippen LogP contribution in [0.1, 0.15) is 20.3 Å². The average molecular weight is 351 g/mol. The Hall–Kier alpha value is -0.620. The lowest BCUT2D eigenvalue weighted by Gasteiger charge is -2.16. The van der Waals surface area contributed by atoms with Gasteiger partial charge in [0.2, 0.25) is 5.91 Å². The Kier molecular flexibility index (Phi) is 7.38. The summed E-state index contributed by atoms with van der Waals surface area (Å²) in [5, 5.41) is 3.21. The van der Waals surface area contributed by atoms with Gasteiger partial charge in [-0.05, 0) is 41.9 Å². The van der Waals surface area contributed by atoms with E-state index in [0.29, 0.717) is 23.9 Å². The van der Waals surface area contributed by atoms with Crippen molar-refractivity contribution in [3.63, 3.8) is 0 Å². The summed E-state index contributed by atoms with van der Waals surface area (Å²) in [6, 6.07) is 5.34. The van der Waals surface area contributed by atoms with Gasteiger partial charge in [0, 0.05) is 17.7 Å². The standard InChI is InChI=1S/C13H17BrClNO3/c1-3-18-12(19-4-2)8-11(17)16-10-7-5-6-9(14)13(10)15/h5-7,12H,3-4,8H2,1-2H3,(H,16,17). The molecule has 6 heteroatoms. The van der Waals surface area contributed by atoms with Gasteiger partial charge in [0.15, 0.2) is 6.29 Å². The van der Waals surface area contributed by atoms with Crippen molar-refractivity contribution in [1.29, 1.82) is 0 Å². The molecule has 19 heavy (non-hydrogen) atoms. The molecule has 106 valence electrons. The highest BCUT2D eigenvalue weighted by Crippen LogP contribution is 2.29. The van der Waals surface area contributed by atoms with Crippen molar-refractivity contribution < 1.29 is 14.3 Å². The summed E-state index contributed by atoms with van der Waals surface area (Å²) in [4.78, 5) is 11.9. The molecule has 0 bridgehead atoms. The number of rotatable bonds is 7. The number of nitrogens with one attached hydrogen (secondary N) is 1. The molecule has 0 unspecified atom stereocenters. The average Bonchev–Trinajstić information content (AvgIpc) is 2.35. The molecule has 0 saturated heterocycles. The van der Waals surface area contributed by atoms with E-state index >= 15 is 0 Å². The van der Waals surface area contributed by atoms with Crippen LogP contribution in [-0.2, 0) is 14.3 Å². The number of ether oxygens (including phenoxy) is 2. The number of carbonyl (C=O) groups excluding carboxylic acids is 1. The molecule has 0 aliphatic heterocycles. The normalized spacial score (nSPS) is 10.8. The van der Waals surface area contributed by atoms with E-state index in [9.17, 15) is 4.79 Å². The summed E-state index contributed by atoms with van der Waals surface area (Å²) in [6.45, 7) is 4.70. The van der Waals surface area contributed by atoms with Crippen LogP contribution in [0.25, 0.3) is 0 Å². The van der Waals surface area contributed by atoms with Crippen LogP contribution in [0.2, 0.25) is 5.02 Å². The topological polar surface area (TPSA) is 47.6 Å². The van der Waals surface area contributed by atoms with E-state index in [1.165, 1.54) is 0 Å². The third-order valence-electron chi connectivity index (χ3n) is 2.28. The Morgan fingerprint density at radius 3 is 2.58 bits per heavy atom. The summed E-state index contributed by atoms with van der Waals surface area (Å²) in [5.74, 6) is -0.202. The molecule has 1 aromatic carbocycles. The zero-order valence-corrected chi connectivity index (χ0v) is 13.3. The monoisotopic (exact) mass is 349 g/mol. The predicted octanol–water partition coefficient (Wildman–Crippen LogP) is 3.83. The van der Waals surface area contributed by atoms with E-state index in [-0.39, 0.29) is 12.3 Å². The highest BCUT2D eigenvalue weighted by atomic mass is 79.9. The molecular formula is C13H17BrClNO3. The smallest absolute Gasteiger partial charge is 0.229 e. The summed E-state index contributed by atoms with van der Waals surface area (Å²) in [5.41, 5.74) is 0.563. The number of halogens is 2. The maximum Gasteiger partial charge on any atom is 0.229 e. The Morgan fingerprint density at radius 1 is 1.37 bits per heavy atom. The molecule has 0 heterocycles. The molecule has 0 aromatic heterocycles. The lowest BCUT2D eigenvalue weighted by atomic mass is 10.3. The Balaban J connectivity index is 2.61. The zero-order chi connectivity index (χ0) is 14.3. The number of anilines is 1. The van der Waals surface area contributed by atoms with Crippen molar-refractivity contribution in [2.75, 3.05) is 18.5 Å². The molecule has 0 spiro atoms. The number of carbonyl (C=O) groups is 1. The van der Waals surface area contributed by atoms with Gasteiger partial charge in [0.05, 0.1) is 17.1 Å². The second-order valence-corrected chi connectivity index (χ2v) is 4.93. The fraction of sp³-hybridized carbons (Fsp3) is 0.462. The second kappa shape index (κ2) is 8.53. The highest BCUT2D eigenvalue weighted by Gasteiger charge is 2.15. The predicted molar refractivity (Wildman–Crippen MR) is 79.4 cm³/mol. The van der Waals surface area contributed by atoms with Gasteiger partial charge < -0.3 is 14.8 Å². The fourth-order valence-electron chi connectivity index (χ4n) is 1.49. The van der Waals surface area contributed by atoms with Gasteiger partial charge >= 0.3 is 0 Å². The molecule has 0 aliphatic carbocycles. The van der Waals surface area contributed by atoms with Crippen LogP contribution < -0.4 is 5.32 Å². The number of hydrogen-bond donors (Lipinski definition) is 1. The molecule has 1 amide bonds. The molecule has 4 nitrogen and oxygen atoms in total. The van der Waals surface area contributed by atoms with Crippen LogP contribution in [0.5, 0.6) is 0 Å². The van der Waals surface area contributed by atoms with Gasteiger partial charge in [-0.2, -0.15) is 0 Å². The second-order valence-electron chi connectivity index (χ2n) is 3.69. The van der Waals surface area contributed by atoms with Crippen molar-refractivity contribution in [3.05, 3.63) is 27.7 Å². The van der Waals surface area contributed by atoms with Crippen LogP contribution >= 0.6 is 27.5 Å². The number of benzene rings is 1. The van der Waals surface area contributed by atoms with Crippen LogP contribution in [0, 0.1) is 0 Å². The van der Waals surface area contributed by atoms with Gasteiger partial charge in [-0.1, -0.05) is 17.7 Å². The van der Waals surface area contributed by atoms with E-state index < -0.39 is 6.29 Å². The summed E-state index contributed by atoms with van der Waals surface area (Å²) < 4.78 is 11.4. The molecule has 1 rings (SSSR count). The lowest BCUT2D eigenvalue weighted by molar-refractivity contribution is -0.150. The van der Waals surface area contributed by atoms with Crippen LogP contribution in [-0.4, -0.2) is 25.4 Å². The maximum atomic E-state index is 11.9. The van der Waals surface area contributed by atoms with E-state index in [2.05, 4.69) is 21.2 Å². The number of hydrogen-bond acceptors (Lipinski definition) is 3. The molecule has 0 saturated carbocycles. The van der Waals surface area contributed by atoms with Crippen LogP contribution in [0.3, 0.4) is 0 Å². The molecule has 0 aliphatic rings. The molecule has 1 N–H and O–H groups in total. The first kappa shape index (κ1) is 16.4. The van der Waals surface area contributed by atoms with E-state index in [1.54, 1.807) is 18.2 Å². The van der Waals surface area contributed by atoms with Crippen molar-refractivity contribution in [2.45, 2.75) is 26.6 Å². The lowest BCUT2D eigenvalue weighted by Crippen LogP contribution is -2.25.